The molecule has 0 atom stereocenters. The summed E-state index contributed by atoms with van der Waals surface area (Å²) in [6, 6.07) is 22.1. The van der Waals surface area contributed by atoms with E-state index in [1.54, 1.807) is 5.77 Å². The molecule has 0 fully saturated rings. The molecule has 2 aromatic heterocycles. The van der Waals surface area contributed by atoms with Crippen LogP contribution in [-0.2, 0) is 0 Å². The van der Waals surface area contributed by atoms with E-state index in [4.69, 9.17) is 0 Å². The fourth-order valence-corrected chi connectivity index (χ4v) is 8.77. The van der Waals surface area contributed by atoms with Crippen molar-refractivity contribution in [3.05, 3.63) is 66.4 Å². The van der Waals surface area contributed by atoms with Crippen LogP contribution < -0.4 is 21.2 Å². The SMILES string of the molecule is F[P-](F)(F)(F)(F)F.c1ccc2sc([I+]c3cc4ccccc4s3)cc2c1. The van der Waals surface area contributed by atoms with E-state index in [1.807, 2.05) is 22.7 Å². The third kappa shape index (κ3) is 6.68. The maximum Gasteiger partial charge on any atom is 0.381 e. The van der Waals surface area contributed by atoms with Crippen molar-refractivity contribution >= 4 is 50.7 Å². The van der Waals surface area contributed by atoms with Gasteiger partial charge in [-0.25, -0.2) is 0 Å². The van der Waals surface area contributed by atoms with E-state index in [2.05, 4.69) is 60.7 Å². The van der Waals surface area contributed by atoms with Gasteiger partial charge in [-0.05, 0) is 22.9 Å². The van der Waals surface area contributed by atoms with Gasteiger partial charge in [0.05, 0.1) is 0 Å². The molecule has 0 N–H and O–H groups in total. The third-order valence-corrected chi connectivity index (χ3v) is 8.83. The zero-order valence-electron chi connectivity index (χ0n) is 12.7. The molecule has 2 heterocycles. The largest absolute Gasteiger partial charge is 0.381 e. The molecule has 0 aliphatic carbocycles. The van der Waals surface area contributed by atoms with Gasteiger partial charge in [0.2, 0.25) is 5.77 Å². The summed E-state index contributed by atoms with van der Waals surface area (Å²) in [5.74, 6) is 0. The number of halogens is 7. The van der Waals surface area contributed by atoms with Gasteiger partial charge in [-0.3, -0.25) is 0 Å². The summed E-state index contributed by atoms with van der Waals surface area (Å²) >= 11 is 3.88. The molecule has 0 aliphatic heterocycles. The first-order valence-corrected chi connectivity index (χ1v) is 12.8. The van der Waals surface area contributed by atoms with Gasteiger partial charge in [-0.2, -0.15) is 0 Å². The second-order valence-corrected chi connectivity index (χ2v) is 13.6. The molecule has 4 rings (SSSR count). The standard InChI is InChI=1S/C16H10IS2.F6P/c1-3-7-13-11(5-1)9-15(18-13)17-16-10-12-6-2-4-8-14(12)19-16;1-7(2,3,4,5)6/h1-10H;/q+1;-1. The Morgan fingerprint density at radius 3 is 1.31 bits per heavy atom. The van der Waals surface area contributed by atoms with Crippen molar-refractivity contribution in [1.82, 2.24) is 0 Å². The molecule has 0 nitrogen and oxygen atoms in total. The molecule has 0 saturated heterocycles. The first-order chi connectivity index (χ1) is 11.8. The van der Waals surface area contributed by atoms with Gasteiger partial charge >= 0.3 is 54.2 Å². The summed E-state index contributed by atoms with van der Waals surface area (Å²) in [6.07, 6.45) is 0. The second kappa shape index (κ2) is 6.32. The molecule has 0 spiro atoms. The molecular formula is C16H10F6IPS2. The third-order valence-electron chi connectivity index (χ3n) is 2.98. The molecule has 140 valence electrons. The van der Waals surface area contributed by atoms with Crippen LogP contribution in [0.5, 0.6) is 0 Å². The van der Waals surface area contributed by atoms with Crippen LogP contribution in [0.4, 0.5) is 25.2 Å². The second-order valence-electron chi connectivity index (χ2n) is 5.23. The monoisotopic (exact) mass is 538 g/mol. The Balaban J connectivity index is 0.000000242. The van der Waals surface area contributed by atoms with Crippen LogP contribution in [0.1, 0.15) is 0 Å². The summed E-state index contributed by atoms with van der Waals surface area (Å²) in [6.45, 7) is 0. The molecule has 10 heteroatoms. The van der Waals surface area contributed by atoms with Crippen LogP contribution in [0.2, 0.25) is 0 Å². The fourth-order valence-electron chi connectivity index (χ4n) is 2.08. The van der Waals surface area contributed by atoms with Crippen LogP contribution in [0.3, 0.4) is 0 Å². The molecule has 0 saturated carbocycles. The molecule has 0 radical (unpaired) electrons. The van der Waals surface area contributed by atoms with E-state index in [0.717, 1.165) is 0 Å². The van der Waals surface area contributed by atoms with E-state index in [-0.39, 0.29) is 21.2 Å². The van der Waals surface area contributed by atoms with Crippen LogP contribution in [0.25, 0.3) is 20.2 Å². The van der Waals surface area contributed by atoms with Crippen molar-refractivity contribution in [2.75, 3.05) is 0 Å². The quantitative estimate of drug-likeness (QED) is 0.177. The van der Waals surface area contributed by atoms with Crippen molar-refractivity contribution in [3.63, 3.8) is 0 Å². The van der Waals surface area contributed by atoms with Crippen LogP contribution in [-0.4, -0.2) is 0 Å². The minimum absolute atomic E-state index is 0.0306. The van der Waals surface area contributed by atoms with E-state index >= 15 is 0 Å². The predicted molar refractivity (Wildman–Crippen MR) is 94.6 cm³/mol. The van der Waals surface area contributed by atoms with Crippen molar-refractivity contribution in [1.29, 1.82) is 0 Å². The Labute approximate surface area is 163 Å². The van der Waals surface area contributed by atoms with Crippen molar-refractivity contribution < 1.29 is 46.4 Å². The normalized spacial score (nSPS) is 14.5. The molecule has 0 amide bonds. The Morgan fingerprint density at radius 1 is 0.615 bits per heavy atom. The molecular weight excluding hydrogens is 528 g/mol. The molecule has 0 aliphatic rings. The van der Waals surface area contributed by atoms with E-state index in [0.29, 0.717) is 0 Å². The van der Waals surface area contributed by atoms with Gasteiger partial charge in [0.1, 0.15) is 0 Å². The predicted octanol–water partition coefficient (Wildman–Crippen LogP) is 5.63. The van der Waals surface area contributed by atoms with Gasteiger partial charge in [0.25, 0.3) is 0 Å². The van der Waals surface area contributed by atoms with E-state index < -0.39 is 7.81 Å². The first kappa shape index (κ1) is 19.9. The molecule has 0 bridgehead atoms. The van der Waals surface area contributed by atoms with Gasteiger partial charge in [0, 0.05) is 21.5 Å². The maximum absolute atomic E-state index is 10.7. The number of hydrogen-bond acceptors (Lipinski definition) is 2. The molecule has 4 aromatic rings. The first-order valence-electron chi connectivity index (χ1n) is 7.02. The summed E-state index contributed by atoms with van der Waals surface area (Å²) in [5, 5.41) is 2.78. The maximum atomic E-state index is 9.87. The van der Waals surface area contributed by atoms with Crippen molar-refractivity contribution in [2.24, 2.45) is 0 Å². The van der Waals surface area contributed by atoms with Crippen LogP contribution in [0.15, 0.2) is 60.7 Å². The van der Waals surface area contributed by atoms with Crippen molar-refractivity contribution in [3.8, 4) is 0 Å². The summed E-state index contributed by atoms with van der Waals surface area (Å²) in [5.41, 5.74) is 0. The number of fused-ring (bicyclic) bond motifs is 2. The fraction of sp³-hybridized carbons (Fsp3) is 0. The average molecular weight is 538 g/mol. The molecule has 0 unspecified atom stereocenters. The van der Waals surface area contributed by atoms with E-state index in [1.165, 1.54) is 20.2 Å². The number of rotatable bonds is 2. The minimum atomic E-state index is -10.7. The van der Waals surface area contributed by atoms with Gasteiger partial charge in [-0.15, -0.1) is 0 Å². The van der Waals surface area contributed by atoms with Crippen LogP contribution >= 0.6 is 30.5 Å². The van der Waals surface area contributed by atoms with Crippen molar-refractivity contribution in [2.45, 2.75) is 0 Å². The van der Waals surface area contributed by atoms with Gasteiger partial charge in [0.15, 0.2) is 0 Å². The Morgan fingerprint density at radius 2 is 0.962 bits per heavy atom. The van der Waals surface area contributed by atoms with Gasteiger partial charge < -0.3 is 0 Å². The van der Waals surface area contributed by atoms with Crippen LogP contribution in [0, 0.1) is 5.77 Å². The summed E-state index contributed by atoms with van der Waals surface area (Å²) in [4.78, 5) is 0. The average Bonchev–Trinajstić information content (AvgIpc) is 3.06. The zero-order valence-corrected chi connectivity index (χ0v) is 17.4. The van der Waals surface area contributed by atoms with Gasteiger partial charge in [-0.1, -0.05) is 59.1 Å². The topological polar surface area (TPSA) is 0 Å². The Hall–Kier alpha value is -0.900. The van der Waals surface area contributed by atoms with E-state index in [9.17, 15) is 25.2 Å². The Kier molecular flexibility index (Phi) is 4.83. The number of thiophene rings is 2. The smallest absolute Gasteiger partial charge is 0.0876 e. The zero-order chi connectivity index (χ0) is 19.1. The summed E-state index contributed by atoms with van der Waals surface area (Å²) in [7, 11) is -10.7. The summed E-state index contributed by atoms with van der Waals surface area (Å²) < 4.78 is 65.1. The molecule has 2 aromatic carbocycles. The number of benzene rings is 2. The number of hydrogen-bond donors (Lipinski definition) is 0. The Bertz CT molecular complexity index is 920. The minimum Gasteiger partial charge on any atom is -0.0876 e. The molecule has 26 heavy (non-hydrogen) atoms.